The van der Waals surface area contributed by atoms with Crippen LogP contribution in [0, 0.1) is 5.92 Å². The number of hydrogen-bond acceptors (Lipinski definition) is 4. The molecule has 1 aromatic rings. The number of methoxy groups -OCH3 is 2. The van der Waals surface area contributed by atoms with Crippen LogP contribution in [0.15, 0.2) is 23.2 Å². The Morgan fingerprint density at radius 3 is 2.41 bits per heavy atom. The van der Waals surface area contributed by atoms with Gasteiger partial charge in [-0.1, -0.05) is 13.8 Å². The third-order valence-corrected chi connectivity index (χ3v) is 2.58. The van der Waals surface area contributed by atoms with Gasteiger partial charge in [0.1, 0.15) is 11.5 Å². The number of benzene rings is 1. The highest BCUT2D eigenvalue weighted by Gasteiger charge is 2.19. The van der Waals surface area contributed by atoms with Crippen LogP contribution in [0.3, 0.4) is 0 Å². The van der Waals surface area contributed by atoms with Crippen molar-refractivity contribution in [2.45, 2.75) is 19.9 Å². The molecule has 0 aliphatic heterocycles. The predicted molar refractivity (Wildman–Crippen MR) is 65.2 cm³/mol. The van der Waals surface area contributed by atoms with E-state index < -0.39 is 0 Å². The second-order valence-electron chi connectivity index (χ2n) is 4.02. The van der Waals surface area contributed by atoms with Crippen molar-refractivity contribution in [2.24, 2.45) is 10.9 Å². The zero-order valence-electron chi connectivity index (χ0n) is 10.6. The van der Waals surface area contributed by atoms with Crippen LogP contribution in [0.1, 0.15) is 25.5 Å². The van der Waals surface area contributed by atoms with Gasteiger partial charge in [-0.05, 0) is 24.1 Å². The Balaban J connectivity index is 3.27. The minimum Gasteiger partial charge on any atom is -0.497 e. The van der Waals surface area contributed by atoms with Crippen molar-refractivity contribution < 1.29 is 14.3 Å². The van der Waals surface area contributed by atoms with Gasteiger partial charge >= 0.3 is 0 Å². The number of hydrogen-bond donors (Lipinski definition) is 0. The van der Waals surface area contributed by atoms with Gasteiger partial charge in [-0.15, -0.1) is 0 Å². The highest BCUT2D eigenvalue weighted by Crippen LogP contribution is 2.35. The molecule has 4 nitrogen and oxygen atoms in total. The number of isocyanates is 1. The smallest absolute Gasteiger partial charge is 0.235 e. The number of aliphatic imine (C=N–C) groups is 1. The van der Waals surface area contributed by atoms with Crippen LogP contribution in [0.2, 0.25) is 0 Å². The molecule has 4 heteroatoms. The van der Waals surface area contributed by atoms with Gasteiger partial charge in [-0.3, -0.25) is 0 Å². The summed E-state index contributed by atoms with van der Waals surface area (Å²) in [5, 5.41) is 0. The molecule has 0 heterocycles. The lowest BCUT2D eigenvalue weighted by Crippen LogP contribution is -2.06. The Hall–Kier alpha value is -1.80. The average molecular weight is 235 g/mol. The maximum absolute atomic E-state index is 10.5. The van der Waals surface area contributed by atoms with Crippen molar-refractivity contribution in [3.05, 3.63) is 23.8 Å². The third-order valence-electron chi connectivity index (χ3n) is 2.58. The molecule has 92 valence electrons. The molecule has 0 aliphatic carbocycles. The molecule has 0 aliphatic rings. The first kappa shape index (κ1) is 13.3. The van der Waals surface area contributed by atoms with Gasteiger partial charge in [0, 0.05) is 5.56 Å². The van der Waals surface area contributed by atoms with E-state index in [2.05, 4.69) is 4.99 Å². The summed E-state index contributed by atoms with van der Waals surface area (Å²) in [6, 6.07) is 5.19. The quantitative estimate of drug-likeness (QED) is 0.582. The molecule has 0 spiro atoms. The second-order valence-corrected chi connectivity index (χ2v) is 4.02. The molecule has 0 saturated heterocycles. The molecule has 0 aromatic heterocycles. The molecule has 0 amide bonds. The fraction of sp³-hybridized carbons (Fsp3) is 0.462. The predicted octanol–water partition coefficient (Wildman–Crippen LogP) is 2.74. The first-order valence-electron chi connectivity index (χ1n) is 5.43. The molecule has 0 radical (unpaired) electrons. The van der Waals surface area contributed by atoms with Crippen molar-refractivity contribution in [1.82, 2.24) is 0 Å². The molecular weight excluding hydrogens is 218 g/mol. The first-order valence-corrected chi connectivity index (χ1v) is 5.43. The molecule has 1 aromatic carbocycles. The van der Waals surface area contributed by atoms with Crippen LogP contribution in [0.25, 0.3) is 0 Å². The molecule has 0 N–H and O–H groups in total. The van der Waals surface area contributed by atoms with E-state index in [1.807, 2.05) is 32.0 Å². The van der Waals surface area contributed by atoms with E-state index in [0.717, 1.165) is 5.56 Å². The minimum atomic E-state index is -0.266. The Morgan fingerprint density at radius 2 is 1.94 bits per heavy atom. The van der Waals surface area contributed by atoms with Gasteiger partial charge in [0.25, 0.3) is 0 Å². The number of nitrogens with zero attached hydrogens (tertiary/aromatic N) is 1. The summed E-state index contributed by atoms with van der Waals surface area (Å²) in [6.07, 6.45) is 1.62. The van der Waals surface area contributed by atoms with Crippen LogP contribution < -0.4 is 9.47 Å². The van der Waals surface area contributed by atoms with Crippen LogP contribution in [0.5, 0.6) is 11.5 Å². The molecule has 1 unspecified atom stereocenters. The second kappa shape index (κ2) is 6.06. The summed E-state index contributed by atoms with van der Waals surface area (Å²) in [7, 11) is 3.19. The molecule has 0 saturated carbocycles. The standard InChI is InChI=1S/C13H17NO3/c1-9(2)13(14-8-15)11-7-10(16-3)5-6-12(11)17-4/h5-7,9,13H,1-4H3. The van der Waals surface area contributed by atoms with Gasteiger partial charge in [-0.25, -0.2) is 4.79 Å². The maximum atomic E-state index is 10.5. The summed E-state index contributed by atoms with van der Waals surface area (Å²) in [5.41, 5.74) is 0.838. The van der Waals surface area contributed by atoms with Crippen molar-refractivity contribution >= 4 is 6.08 Å². The highest BCUT2D eigenvalue weighted by molar-refractivity contribution is 5.44. The topological polar surface area (TPSA) is 47.9 Å². The minimum absolute atomic E-state index is 0.178. The first-order chi connectivity index (χ1) is 8.13. The molecule has 17 heavy (non-hydrogen) atoms. The van der Waals surface area contributed by atoms with Crippen molar-refractivity contribution in [1.29, 1.82) is 0 Å². The van der Waals surface area contributed by atoms with Crippen LogP contribution in [-0.4, -0.2) is 20.3 Å². The zero-order chi connectivity index (χ0) is 12.8. The maximum Gasteiger partial charge on any atom is 0.235 e. The van der Waals surface area contributed by atoms with Crippen LogP contribution in [-0.2, 0) is 4.79 Å². The SMILES string of the molecule is COc1ccc(OC)c(C(N=C=O)C(C)C)c1. The number of ether oxygens (including phenoxy) is 2. The summed E-state index contributed by atoms with van der Waals surface area (Å²) in [6.45, 7) is 3.98. The van der Waals surface area contributed by atoms with Gasteiger partial charge in [-0.2, -0.15) is 4.99 Å². The van der Waals surface area contributed by atoms with Gasteiger partial charge in [0.05, 0.1) is 20.3 Å². The van der Waals surface area contributed by atoms with Gasteiger partial charge in [0.2, 0.25) is 6.08 Å². The summed E-state index contributed by atoms with van der Waals surface area (Å²) >= 11 is 0. The van der Waals surface area contributed by atoms with Crippen molar-refractivity contribution in [2.75, 3.05) is 14.2 Å². The van der Waals surface area contributed by atoms with Crippen LogP contribution >= 0.6 is 0 Å². The molecule has 1 rings (SSSR count). The lowest BCUT2D eigenvalue weighted by Gasteiger charge is -2.18. The Bertz CT molecular complexity index is 423. The zero-order valence-corrected chi connectivity index (χ0v) is 10.6. The van der Waals surface area contributed by atoms with Gasteiger partial charge in [0.15, 0.2) is 0 Å². The van der Waals surface area contributed by atoms with Crippen molar-refractivity contribution in [3.8, 4) is 11.5 Å². The van der Waals surface area contributed by atoms with Gasteiger partial charge < -0.3 is 9.47 Å². The normalized spacial score (nSPS) is 11.8. The molecule has 1 atom stereocenters. The molecular formula is C13H17NO3. The van der Waals surface area contributed by atoms with E-state index >= 15 is 0 Å². The average Bonchev–Trinajstić information content (AvgIpc) is 2.34. The molecule has 0 bridgehead atoms. The third kappa shape index (κ3) is 3.08. The largest absolute Gasteiger partial charge is 0.497 e. The monoisotopic (exact) mass is 235 g/mol. The summed E-state index contributed by atoms with van der Waals surface area (Å²) in [5.74, 6) is 1.59. The van der Waals surface area contributed by atoms with E-state index in [1.165, 1.54) is 0 Å². The molecule has 0 fully saturated rings. The number of carbonyl (C=O) groups excluding carboxylic acids is 1. The summed E-state index contributed by atoms with van der Waals surface area (Å²) < 4.78 is 10.4. The lowest BCUT2D eigenvalue weighted by molar-refractivity contribution is 0.387. The highest BCUT2D eigenvalue weighted by atomic mass is 16.5. The fourth-order valence-electron chi connectivity index (χ4n) is 1.71. The van der Waals surface area contributed by atoms with E-state index in [1.54, 1.807) is 20.3 Å². The van der Waals surface area contributed by atoms with E-state index in [-0.39, 0.29) is 12.0 Å². The van der Waals surface area contributed by atoms with E-state index in [9.17, 15) is 4.79 Å². The van der Waals surface area contributed by atoms with Crippen LogP contribution in [0.4, 0.5) is 0 Å². The lowest BCUT2D eigenvalue weighted by atomic mass is 9.95. The van der Waals surface area contributed by atoms with Crippen molar-refractivity contribution in [3.63, 3.8) is 0 Å². The number of rotatable bonds is 5. The Morgan fingerprint density at radius 1 is 1.24 bits per heavy atom. The fourth-order valence-corrected chi connectivity index (χ4v) is 1.71. The van der Waals surface area contributed by atoms with E-state index in [0.29, 0.717) is 11.5 Å². The summed E-state index contributed by atoms with van der Waals surface area (Å²) in [4.78, 5) is 14.3. The van der Waals surface area contributed by atoms with E-state index in [4.69, 9.17) is 9.47 Å². The Kier molecular flexibility index (Phi) is 4.73. The Labute approximate surface area is 101 Å².